The maximum absolute atomic E-state index is 10.5. The lowest BCUT2D eigenvalue weighted by Gasteiger charge is -2.08. The number of aryl methyl sites for hydroxylation is 1. The first-order valence-electron chi connectivity index (χ1n) is 7.72. The quantitative estimate of drug-likeness (QED) is 0.693. The SMILES string of the molecule is COc1ccc(CNc2cccc(CCCCC(=O)O)n2)cc1. The molecule has 0 saturated carbocycles. The molecule has 0 bridgehead atoms. The molecular formula is C18H22N2O3. The van der Waals surface area contributed by atoms with Gasteiger partial charge in [-0.15, -0.1) is 0 Å². The highest BCUT2D eigenvalue weighted by atomic mass is 16.5. The Hall–Kier alpha value is -2.56. The fraction of sp³-hybridized carbons (Fsp3) is 0.333. The second-order valence-corrected chi connectivity index (χ2v) is 5.32. The fourth-order valence-electron chi connectivity index (χ4n) is 2.24. The van der Waals surface area contributed by atoms with Crippen LogP contribution in [0.1, 0.15) is 30.5 Å². The van der Waals surface area contributed by atoms with Crippen LogP contribution in [0.25, 0.3) is 0 Å². The summed E-state index contributed by atoms with van der Waals surface area (Å²) in [5.74, 6) is 0.930. The van der Waals surface area contributed by atoms with Crippen LogP contribution in [0.3, 0.4) is 0 Å². The molecule has 0 unspecified atom stereocenters. The van der Waals surface area contributed by atoms with E-state index in [4.69, 9.17) is 9.84 Å². The van der Waals surface area contributed by atoms with E-state index in [0.29, 0.717) is 13.0 Å². The largest absolute Gasteiger partial charge is 0.497 e. The van der Waals surface area contributed by atoms with Gasteiger partial charge in [-0.2, -0.15) is 0 Å². The minimum atomic E-state index is -0.743. The van der Waals surface area contributed by atoms with E-state index in [1.807, 2.05) is 42.5 Å². The number of benzene rings is 1. The van der Waals surface area contributed by atoms with E-state index in [0.717, 1.165) is 35.7 Å². The number of pyridine rings is 1. The van der Waals surface area contributed by atoms with Gasteiger partial charge in [0.1, 0.15) is 11.6 Å². The van der Waals surface area contributed by atoms with Crippen molar-refractivity contribution in [3.8, 4) is 5.75 Å². The van der Waals surface area contributed by atoms with Crippen LogP contribution in [-0.2, 0) is 17.8 Å². The Morgan fingerprint density at radius 2 is 1.96 bits per heavy atom. The van der Waals surface area contributed by atoms with Gasteiger partial charge in [0, 0.05) is 18.7 Å². The number of carboxylic acid groups (broad SMARTS) is 1. The maximum Gasteiger partial charge on any atom is 0.303 e. The van der Waals surface area contributed by atoms with Gasteiger partial charge in [0.05, 0.1) is 7.11 Å². The summed E-state index contributed by atoms with van der Waals surface area (Å²) in [7, 11) is 1.65. The van der Waals surface area contributed by atoms with E-state index >= 15 is 0 Å². The Balaban J connectivity index is 1.82. The van der Waals surface area contributed by atoms with Crippen molar-refractivity contribution in [1.82, 2.24) is 4.98 Å². The third-order valence-electron chi connectivity index (χ3n) is 3.51. The molecule has 0 aliphatic rings. The van der Waals surface area contributed by atoms with Gasteiger partial charge in [0.25, 0.3) is 0 Å². The Morgan fingerprint density at radius 3 is 2.65 bits per heavy atom. The Bertz CT molecular complexity index is 626. The number of hydrogen-bond donors (Lipinski definition) is 2. The van der Waals surface area contributed by atoms with Gasteiger partial charge in [-0.05, 0) is 49.1 Å². The highest BCUT2D eigenvalue weighted by Gasteiger charge is 2.01. The number of carbonyl (C=O) groups is 1. The molecule has 122 valence electrons. The molecule has 2 rings (SSSR count). The highest BCUT2D eigenvalue weighted by molar-refractivity contribution is 5.66. The van der Waals surface area contributed by atoms with Gasteiger partial charge in [-0.1, -0.05) is 18.2 Å². The predicted octanol–water partition coefficient (Wildman–Crippen LogP) is 3.50. The molecule has 2 N–H and O–H groups in total. The van der Waals surface area contributed by atoms with E-state index in [9.17, 15) is 4.79 Å². The molecule has 1 aromatic carbocycles. The standard InChI is InChI=1S/C18H22N2O3/c1-23-16-11-9-14(10-12-16)13-19-17-7-4-6-15(20-17)5-2-3-8-18(21)22/h4,6-7,9-12H,2-3,5,8,13H2,1H3,(H,19,20)(H,21,22). The van der Waals surface area contributed by atoms with Crippen molar-refractivity contribution in [3.05, 3.63) is 53.7 Å². The molecule has 5 heteroatoms. The number of anilines is 1. The zero-order valence-electron chi connectivity index (χ0n) is 13.3. The van der Waals surface area contributed by atoms with Crippen molar-refractivity contribution in [1.29, 1.82) is 0 Å². The normalized spacial score (nSPS) is 10.3. The summed E-state index contributed by atoms with van der Waals surface area (Å²) in [6.45, 7) is 0.694. The van der Waals surface area contributed by atoms with Crippen LogP contribution in [0.5, 0.6) is 5.75 Å². The number of hydrogen-bond acceptors (Lipinski definition) is 4. The van der Waals surface area contributed by atoms with Crippen LogP contribution in [-0.4, -0.2) is 23.2 Å². The van der Waals surface area contributed by atoms with E-state index in [-0.39, 0.29) is 6.42 Å². The lowest BCUT2D eigenvalue weighted by Crippen LogP contribution is -2.03. The highest BCUT2D eigenvalue weighted by Crippen LogP contribution is 2.13. The van der Waals surface area contributed by atoms with Gasteiger partial charge in [0.15, 0.2) is 0 Å². The number of unbranched alkanes of at least 4 members (excludes halogenated alkanes) is 1. The lowest BCUT2D eigenvalue weighted by molar-refractivity contribution is -0.137. The van der Waals surface area contributed by atoms with Gasteiger partial charge in [-0.25, -0.2) is 4.98 Å². The third-order valence-corrected chi connectivity index (χ3v) is 3.51. The summed E-state index contributed by atoms with van der Waals surface area (Å²) < 4.78 is 5.14. The summed E-state index contributed by atoms with van der Waals surface area (Å²) in [6, 6.07) is 13.8. The van der Waals surface area contributed by atoms with E-state index in [1.165, 1.54) is 0 Å². The van der Waals surface area contributed by atoms with Crippen molar-refractivity contribution in [2.75, 3.05) is 12.4 Å². The van der Waals surface area contributed by atoms with Gasteiger partial charge >= 0.3 is 5.97 Å². The maximum atomic E-state index is 10.5. The fourth-order valence-corrected chi connectivity index (χ4v) is 2.24. The first-order valence-corrected chi connectivity index (χ1v) is 7.72. The number of ether oxygens (including phenoxy) is 1. The van der Waals surface area contributed by atoms with Crippen molar-refractivity contribution in [2.45, 2.75) is 32.2 Å². The Labute approximate surface area is 136 Å². The van der Waals surface area contributed by atoms with Crippen molar-refractivity contribution in [2.24, 2.45) is 0 Å². The molecule has 0 saturated heterocycles. The minimum Gasteiger partial charge on any atom is -0.497 e. The molecule has 0 amide bonds. The van der Waals surface area contributed by atoms with Crippen LogP contribution in [0.15, 0.2) is 42.5 Å². The number of rotatable bonds is 9. The number of carboxylic acids is 1. The van der Waals surface area contributed by atoms with E-state index in [2.05, 4.69) is 10.3 Å². The van der Waals surface area contributed by atoms with Crippen LogP contribution >= 0.6 is 0 Å². The molecule has 2 aromatic rings. The molecule has 0 radical (unpaired) electrons. The average molecular weight is 314 g/mol. The third kappa shape index (κ3) is 5.98. The Kier molecular flexibility index (Phi) is 6.41. The number of aromatic nitrogens is 1. The second-order valence-electron chi connectivity index (χ2n) is 5.32. The second kappa shape index (κ2) is 8.78. The molecular weight excluding hydrogens is 292 g/mol. The monoisotopic (exact) mass is 314 g/mol. The molecule has 23 heavy (non-hydrogen) atoms. The van der Waals surface area contributed by atoms with Crippen molar-refractivity contribution in [3.63, 3.8) is 0 Å². The van der Waals surface area contributed by atoms with Crippen molar-refractivity contribution < 1.29 is 14.6 Å². The molecule has 1 heterocycles. The zero-order valence-corrected chi connectivity index (χ0v) is 13.3. The summed E-state index contributed by atoms with van der Waals surface area (Å²) in [4.78, 5) is 15.0. The number of methoxy groups -OCH3 is 1. The lowest BCUT2D eigenvalue weighted by atomic mass is 10.1. The van der Waals surface area contributed by atoms with Crippen LogP contribution in [0.4, 0.5) is 5.82 Å². The van der Waals surface area contributed by atoms with E-state index in [1.54, 1.807) is 7.11 Å². The number of nitrogens with one attached hydrogen (secondary N) is 1. The molecule has 0 spiro atoms. The Morgan fingerprint density at radius 1 is 1.17 bits per heavy atom. The number of nitrogens with zero attached hydrogens (tertiary/aromatic N) is 1. The molecule has 0 atom stereocenters. The van der Waals surface area contributed by atoms with Crippen LogP contribution < -0.4 is 10.1 Å². The van der Waals surface area contributed by atoms with Crippen LogP contribution in [0.2, 0.25) is 0 Å². The topological polar surface area (TPSA) is 71.5 Å². The minimum absolute atomic E-state index is 0.218. The number of aliphatic carboxylic acids is 1. The average Bonchev–Trinajstić information content (AvgIpc) is 2.57. The van der Waals surface area contributed by atoms with E-state index < -0.39 is 5.97 Å². The summed E-state index contributed by atoms with van der Waals surface area (Å²) in [5.41, 5.74) is 2.13. The van der Waals surface area contributed by atoms with Gasteiger partial charge in [-0.3, -0.25) is 4.79 Å². The summed E-state index contributed by atoms with van der Waals surface area (Å²) in [5, 5.41) is 11.9. The summed E-state index contributed by atoms with van der Waals surface area (Å²) in [6.07, 6.45) is 2.53. The first kappa shape index (κ1) is 16.8. The van der Waals surface area contributed by atoms with Gasteiger partial charge in [0.2, 0.25) is 0 Å². The smallest absolute Gasteiger partial charge is 0.303 e. The zero-order chi connectivity index (χ0) is 16.5. The summed E-state index contributed by atoms with van der Waals surface area (Å²) >= 11 is 0. The molecule has 0 aliphatic carbocycles. The van der Waals surface area contributed by atoms with Crippen LogP contribution in [0, 0.1) is 0 Å². The van der Waals surface area contributed by atoms with Crippen molar-refractivity contribution >= 4 is 11.8 Å². The molecule has 0 fully saturated rings. The molecule has 1 aromatic heterocycles. The predicted molar refractivity (Wildman–Crippen MR) is 89.7 cm³/mol. The molecule has 5 nitrogen and oxygen atoms in total. The van der Waals surface area contributed by atoms with Gasteiger partial charge < -0.3 is 15.2 Å². The molecule has 0 aliphatic heterocycles. The first-order chi connectivity index (χ1) is 11.2.